The summed E-state index contributed by atoms with van der Waals surface area (Å²) in [6.45, 7) is 1.94. The molecule has 0 aliphatic carbocycles. The van der Waals surface area contributed by atoms with E-state index in [9.17, 15) is 5.11 Å². The van der Waals surface area contributed by atoms with Gasteiger partial charge in [0.1, 0.15) is 5.03 Å². The van der Waals surface area contributed by atoms with Crippen LogP contribution >= 0.6 is 27.7 Å². The van der Waals surface area contributed by atoms with Crippen LogP contribution in [0.15, 0.2) is 38.7 Å². The third-order valence-corrected chi connectivity index (χ3v) is 4.22. The van der Waals surface area contributed by atoms with E-state index in [4.69, 9.17) is 0 Å². The molecule has 1 aromatic carbocycles. The number of aryl methyl sites for hydroxylation is 2. The Balaban J connectivity index is 2.32. The van der Waals surface area contributed by atoms with Gasteiger partial charge in [-0.15, -0.1) is 0 Å². The van der Waals surface area contributed by atoms with E-state index in [0.717, 1.165) is 25.7 Å². The Labute approximate surface area is 113 Å². The highest BCUT2D eigenvalue weighted by Crippen LogP contribution is 2.32. The maximum atomic E-state index is 9.36. The zero-order valence-corrected chi connectivity index (χ0v) is 12.0. The van der Waals surface area contributed by atoms with Gasteiger partial charge in [-0.3, -0.25) is 4.68 Å². The van der Waals surface area contributed by atoms with Gasteiger partial charge >= 0.3 is 0 Å². The Morgan fingerprint density at radius 1 is 1.35 bits per heavy atom. The number of aromatic nitrogens is 2. The standard InChI is InChI=1S/C12H13BrN2OS/c1-8-11(7-16)12(15(2)14-8)17-10-5-3-9(13)4-6-10/h3-6,16H,7H2,1-2H3. The maximum Gasteiger partial charge on any atom is 0.104 e. The number of hydrogen-bond donors (Lipinski definition) is 1. The Bertz CT molecular complexity index is 522. The van der Waals surface area contributed by atoms with Crippen molar-refractivity contribution in [3.05, 3.63) is 40.0 Å². The van der Waals surface area contributed by atoms with Crippen molar-refractivity contribution in [2.45, 2.75) is 23.5 Å². The zero-order chi connectivity index (χ0) is 12.4. The molecule has 0 aliphatic rings. The van der Waals surface area contributed by atoms with Gasteiger partial charge in [0.15, 0.2) is 0 Å². The molecule has 0 saturated carbocycles. The van der Waals surface area contributed by atoms with E-state index in [1.165, 1.54) is 0 Å². The molecule has 5 heteroatoms. The minimum Gasteiger partial charge on any atom is -0.392 e. The zero-order valence-electron chi connectivity index (χ0n) is 9.64. The summed E-state index contributed by atoms with van der Waals surface area (Å²) in [4.78, 5) is 1.13. The van der Waals surface area contributed by atoms with E-state index < -0.39 is 0 Å². The van der Waals surface area contributed by atoms with Gasteiger partial charge in [0.05, 0.1) is 12.3 Å². The van der Waals surface area contributed by atoms with Gasteiger partial charge in [-0.25, -0.2) is 0 Å². The molecule has 0 unspecified atom stereocenters. The van der Waals surface area contributed by atoms with Crippen molar-refractivity contribution in [2.24, 2.45) is 7.05 Å². The minimum atomic E-state index is 0.0263. The van der Waals surface area contributed by atoms with Crippen molar-refractivity contribution < 1.29 is 5.11 Å². The predicted molar refractivity (Wildman–Crippen MR) is 72.1 cm³/mol. The summed E-state index contributed by atoms with van der Waals surface area (Å²) in [5.74, 6) is 0. The van der Waals surface area contributed by atoms with Crippen LogP contribution in [0.4, 0.5) is 0 Å². The first-order chi connectivity index (χ1) is 8.11. The highest BCUT2D eigenvalue weighted by molar-refractivity contribution is 9.10. The fraction of sp³-hybridized carbons (Fsp3) is 0.250. The third-order valence-electron chi connectivity index (χ3n) is 2.48. The molecule has 1 heterocycles. The molecule has 0 atom stereocenters. The molecule has 0 fully saturated rings. The molecule has 2 rings (SSSR count). The lowest BCUT2D eigenvalue weighted by Crippen LogP contribution is -1.93. The molecule has 2 aromatic rings. The Morgan fingerprint density at radius 3 is 2.59 bits per heavy atom. The third kappa shape index (κ3) is 2.73. The Morgan fingerprint density at radius 2 is 2.00 bits per heavy atom. The quantitative estimate of drug-likeness (QED) is 0.946. The summed E-state index contributed by atoms with van der Waals surface area (Å²) in [7, 11) is 1.90. The van der Waals surface area contributed by atoms with E-state index in [-0.39, 0.29) is 6.61 Å². The monoisotopic (exact) mass is 312 g/mol. The lowest BCUT2D eigenvalue weighted by Gasteiger charge is -2.04. The van der Waals surface area contributed by atoms with Gasteiger partial charge in [0.25, 0.3) is 0 Å². The molecule has 0 bridgehead atoms. The van der Waals surface area contributed by atoms with Gasteiger partial charge in [-0.1, -0.05) is 27.7 Å². The first-order valence-electron chi connectivity index (χ1n) is 5.18. The van der Waals surface area contributed by atoms with E-state index in [2.05, 4.69) is 21.0 Å². The number of halogens is 1. The number of aliphatic hydroxyl groups is 1. The highest BCUT2D eigenvalue weighted by atomic mass is 79.9. The molecule has 17 heavy (non-hydrogen) atoms. The van der Waals surface area contributed by atoms with E-state index >= 15 is 0 Å². The fourth-order valence-electron chi connectivity index (χ4n) is 1.60. The molecule has 1 aromatic heterocycles. The van der Waals surface area contributed by atoms with Crippen molar-refractivity contribution in [2.75, 3.05) is 0 Å². The van der Waals surface area contributed by atoms with Crippen molar-refractivity contribution in [3.63, 3.8) is 0 Å². The van der Waals surface area contributed by atoms with Crippen LogP contribution in [0.1, 0.15) is 11.3 Å². The van der Waals surface area contributed by atoms with Gasteiger partial charge in [-0.2, -0.15) is 5.10 Å². The first kappa shape index (κ1) is 12.7. The van der Waals surface area contributed by atoms with Gasteiger partial charge in [0.2, 0.25) is 0 Å². The summed E-state index contributed by atoms with van der Waals surface area (Å²) in [6.07, 6.45) is 0. The second-order valence-electron chi connectivity index (χ2n) is 3.71. The van der Waals surface area contributed by atoms with Crippen LogP contribution in [0.25, 0.3) is 0 Å². The first-order valence-corrected chi connectivity index (χ1v) is 6.79. The van der Waals surface area contributed by atoms with Gasteiger partial charge in [-0.05, 0) is 31.2 Å². The summed E-state index contributed by atoms with van der Waals surface area (Å²) < 4.78 is 2.87. The molecule has 0 saturated heterocycles. The molecule has 90 valence electrons. The second kappa shape index (κ2) is 5.25. The lowest BCUT2D eigenvalue weighted by atomic mass is 10.3. The molecule has 0 aliphatic heterocycles. The number of hydrogen-bond acceptors (Lipinski definition) is 3. The van der Waals surface area contributed by atoms with Crippen molar-refractivity contribution in [1.29, 1.82) is 0 Å². The van der Waals surface area contributed by atoms with Crippen molar-refractivity contribution in [1.82, 2.24) is 9.78 Å². The molecule has 1 N–H and O–H groups in total. The topological polar surface area (TPSA) is 38.0 Å². The normalized spacial score (nSPS) is 10.8. The predicted octanol–water partition coefficient (Wildman–Crippen LogP) is 3.13. The number of aliphatic hydroxyl groups excluding tert-OH is 1. The Kier molecular flexibility index (Phi) is 3.91. The summed E-state index contributed by atoms with van der Waals surface area (Å²) in [5.41, 5.74) is 1.79. The smallest absolute Gasteiger partial charge is 0.104 e. The van der Waals surface area contributed by atoms with Gasteiger partial charge < -0.3 is 5.11 Å². The van der Waals surface area contributed by atoms with Crippen molar-refractivity contribution in [3.8, 4) is 0 Å². The summed E-state index contributed by atoms with van der Waals surface area (Å²) >= 11 is 5.03. The fourth-order valence-corrected chi connectivity index (χ4v) is 2.87. The average molecular weight is 313 g/mol. The van der Waals surface area contributed by atoms with Gasteiger partial charge in [0, 0.05) is 22.0 Å². The second-order valence-corrected chi connectivity index (χ2v) is 5.68. The van der Waals surface area contributed by atoms with Crippen LogP contribution in [0.3, 0.4) is 0 Å². The SMILES string of the molecule is Cc1nn(C)c(Sc2ccc(Br)cc2)c1CO. The lowest BCUT2D eigenvalue weighted by molar-refractivity contribution is 0.277. The van der Waals surface area contributed by atoms with Crippen LogP contribution in [0.2, 0.25) is 0 Å². The number of benzene rings is 1. The van der Waals surface area contributed by atoms with E-state index in [1.807, 2.05) is 42.9 Å². The Hall–Kier alpha value is -0.780. The summed E-state index contributed by atoms with van der Waals surface area (Å²) in [6, 6.07) is 8.09. The average Bonchev–Trinajstić information content (AvgIpc) is 2.57. The van der Waals surface area contributed by atoms with Crippen LogP contribution in [-0.2, 0) is 13.7 Å². The largest absolute Gasteiger partial charge is 0.392 e. The number of nitrogens with zero attached hydrogens (tertiary/aromatic N) is 2. The van der Waals surface area contributed by atoms with Crippen LogP contribution in [-0.4, -0.2) is 14.9 Å². The van der Waals surface area contributed by atoms with Crippen molar-refractivity contribution >= 4 is 27.7 Å². The van der Waals surface area contributed by atoms with Crippen LogP contribution < -0.4 is 0 Å². The highest BCUT2D eigenvalue weighted by Gasteiger charge is 2.13. The van der Waals surface area contributed by atoms with Crippen LogP contribution in [0.5, 0.6) is 0 Å². The maximum absolute atomic E-state index is 9.36. The minimum absolute atomic E-state index is 0.0263. The van der Waals surface area contributed by atoms with Crippen LogP contribution in [0, 0.1) is 6.92 Å². The van der Waals surface area contributed by atoms with E-state index in [1.54, 1.807) is 11.8 Å². The molecule has 3 nitrogen and oxygen atoms in total. The molecule has 0 amide bonds. The number of rotatable bonds is 3. The molecule has 0 spiro atoms. The van der Waals surface area contributed by atoms with E-state index in [0.29, 0.717) is 0 Å². The summed E-state index contributed by atoms with van der Waals surface area (Å²) in [5, 5.41) is 14.7. The molecular formula is C12H13BrN2OS. The molecule has 0 radical (unpaired) electrons. The molecular weight excluding hydrogens is 300 g/mol.